The van der Waals surface area contributed by atoms with E-state index >= 15 is 0 Å². The first-order valence-corrected chi connectivity index (χ1v) is 10.3. The van der Waals surface area contributed by atoms with E-state index in [2.05, 4.69) is 71.4 Å². The molecule has 1 aliphatic heterocycles. The molecule has 3 aromatic carbocycles. The number of H-pyrrole nitrogens is 1. The van der Waals surface area contributed by atoms with Crippen molar-refractivity contribution in [3.05, 3.63) is 95.3 Å². The fourth-order valence-corrected chi connectivity index (χ4v) is 4.18. The minimum atomic E-state index is -0.160. The van der Waals surface area contributed by atoms with Crippen LogP contribution in [0.4, 0.5) is 4.39 Å². The van der Waals surface area contributed by atoms with Crippen molar-refractivity contribution in [2.45, 2.75) is 32.4 Å². The second-order valence-electron chi connectivity index (χ2n) is 8.19. The molecule has 29 heavy (non-hydrogen) atoms. The van der Waals surface area contributed by atoms with Crippen LogP contribution in [-0.2, 0) is 13.0 Å². The number of benzene rings is 3. The first-order valence-electron chi connectivity index (χ1n) is 10.3. The molecule has 0 saturated carbocycles. The van der Waals surface area contributed by atoms with Crippen LogP contribution in [0.3, 0.4) is 0 Å². The van der Waals surface area contributed by atoms with Crippen LogP contribution in [0.15, 0.2) is 72.8 Å². The van der Waals surface area contributed by atoms with E-state index in [-0.39, 0.29) is 5.82 Å². The minimum Gasteiger partial charge on any atom is -0.354 e. The monoisotopic (exact) mass is 384 g/mol. The zero-order valence-corrected chi connectivity index (χ0v) is 16.7. The summed E-state index contributed by atoms with van der Waals surface area (Å²) >= 11 is 0. The number of nitrogens with one attached hydrogen (secondary N) is 1. The van der Waals surface area contributed by atoms with Crippen LogP contribution in [-0.4, -0.2) is 22.5 Å². The Bertz CT molecular complexity index is 1150. The zero-order chi connectivity index (χ0) is 19.8. The molecular weight excluding hydrogens is 359 g/mol. The van der Waals surface area contributed by atoms with Gasteiger partial charge in [-0.25, -0.2) is 4.39 Å². The highest BCUT2D eigenvalue weighted by molar-refractivity contribution is 5.86. The summed E-state index contributed by atoms with van der Waals surface area (Å²) < 4.78 is 14.9. The maximum atomic E-state index is 14.9. The van der Waals surface area contributed by atoms with E-state index in [1.165, 1.54) is 17.5 Å². The summed E-state index contributed by atoms with van der Waals surface area (Å²) in [6, 6.07) is 25.2. The molecule has 1 atom stereocenters. The van der Waals surface area contributed by atoms with Gasteiger partial charge in [0.25, 0.3) is 0 Å². The molecule has 0 spiro atoms. The van der Waals surface area contributed by atoms with Gasteiger partial charge in [-0.3, -0.25) is 4.90 Å². The van der Waals surface area contributed by atoms with E-state index in [0.29, 0.717) is 11.6 Å². The van der Waals surface area contributed by atoms with E-state index < -0.39 is 0 Å². The minimum absolute atomic E-state index is 0.160. The van der Waals surface area contributed by atoms with Gasteiger partial charge in [-0.05, 0) is 66.8 Å². The van der Waals surface area contributed by atoms with Gasteiger partial charge in [0.15, 0.2) is 0 Å². The lowest BCUT2D eigenvalue weighted by Gasteiger charge is -2.38. The van der Waals surface area contributed by atoms with Crippen LogP contribution in [0.25, 0.3) is 22.2 Å². The van der Waals surface area contributed by atoms with Gasteiger partial charge >= 0.3 is 0 Å². The van der Waals surface area contributed by atoms with Crippen LogP contribution in [0.1, 0.15) is 30.0 Å². The van der Waals surface area contributed by atoms with Crippen molar-refractivity contribution in [2.24, 2.45) is 0 Å². The van der Waals surface area contributed by atoms with Gasteiger partial charge in [0.05, 0.1) is 0 Å². The quantitative estimate of drug-likeness (QED) is 0.437. The number of aromatic amines is 1. The molecule has 1 aromatic heterocycles. The number of likely N-dealkylation sites (tertiary alicyclic amines) is 1. The predicted molar refractivity (Wildman–Crippen MR) is 117 cm³/mol. The van der Waals surface area contributed by atoms with Crippen LogP contribution < -0.4 is 0 Å². The summed E-state index contributed by atoms with van der Waals surface area (Å²) in [4.78, 5) is 5.76. The third-order valence-corrected chi connectivity index (χ3v) is 6.10. The molecule has 0 bridgehead atoms. The Labute approximate surface area is 171 Å². The van der Waals surface area contributed by atoms with Gasteiger partial charge in [0.1, 0.15) is 5.82 Å². The van der Waals surface area contributed by atoms with Gasteiger partial charge in [-0.2, -0.15) is 0 Å². The van der Waals surface area contributed by atoms with Gasteiger partial charge in [-0.15, -0.1) is 0 Å². The standard InChI is InChI=1S/C26H25FN2/c1-18-11-12-29(18)17-21-7-9-23(24(27)15-21)26-16-22-14-20(8-10-25(22)28-26)13-19-5-3-2-4-6-19/h2-10,14-16,18,28H,11-13,17H2,1H3. The molecule has 1 unspecified atom stereocenters. The lowest BCUT2D eigenvalue weighted by molar-refractivity contribution is 0.0958. The summed E-state index contributed by atoms with van der Waals surface area (Å²) in [5.74, 6) is -0.160. The molecule has 1 aliphatic rings. The highest BCUT2D eigenvalue weighted by Crippen LogP contribution is 2.29. The SMILES string of the molecule is CC1CCN1Cc1ccc(-c2cc3cc(Cc4ccccc4)ccc3[nH]2)c(F)c1. The highest BCUT2D eigenvalue weighted by Gasteiger charge is 2.23. The van der Waals surface area contributed by atoms with E-state index in [4.69, 9.17) is 0 Å². The third kappa shape index (κ3) is 3.70. The Morgan fingerprint density at radius 1 is 0.931 bits per heavy atom. The van der Waals surface area contributed by atoms with Crippen molar-refractivity contribution in [1.82, 2.24) is 9.88 Å². The summed E-state index contributed by atoms with van der Waals surface area (Å²) in [5.41, 5.74) is 6.09. The van der Waals surface area contributed by atoms with E-state index in [0.717, 1.165) is 41.7 Å². The summed E-state index contributed by atoms with van der Waals surface area (Å²) in [7, 11) is 0. The van der Waals surface area contributed by atoms with E-state index in [1.807, 2.05) is 12.1 Å². The molecule has 2 nitrogen and oxygen atoms in total. The smallest absolute Gasteiger partial charge is 0.132 e. The first kappa shape index (κ1) is 18.1. The number of hydrogen-bond acceptors (Lipinski definition) is 1. The Hall–Kier alpha value is -2.91. The van der Waals surface area contributed by atoms with Crippen molar-refractivity contribution >= 4 is 10.9 Å². The van der Waals surface area contributed by atoms with Crippen LogP contribution in [0, 0.1) is 5.82 Å². The Balaban J connectivity index is 1.40. The molecule has 1 saturated heterocycles. The van der Waals surface area contributed by atoms with Gasteiger partial charge in [0.2, 0.25) is 0 Å². The number of halogens is 1. The van der Waals surface area contributed by atoms with Gasteiger partial charge in [-0.1, -0.05) is 42.5 Å². The Morgan fingerprint density at radius 3 is 2.48 bits per heavy atom. The fourth-order valence-electron chi connectivity index (χ4n) is 4.18. The number of aromatic nitrogens is 1. The Morgan fingerprint density at radius 2 is 1.76 bits per heavy atom. The van der Waals surface area contributed by atoms with E-state index in [9.17, 15) is 4.39 Å². The lowest BCUT2D eigenvalue weighted by atomic mass is 10.0. The summed E-state index contributed by atoms with van der Waals surface area (Å²) in [6.07, 6.45) is 2.14. The molecule has 1 fully saturated rings. The molecule has 0 amide bonds. The highest BCUT2D eigenvalue weighted by atomic mass is 19.1. The maximum Gasteiger partial charge on any atom is 0.132 e. The molecule has 146 valence electrons. The molecule has 0 radical (unpaired) electrons. The summed E-state index contributed by atoms with van der Waals surface area (Å²) in [5, 5.41) is 1.12. The topological polar surface area (TPSA) is 19.0 Å². The summed E-state index contributed by atoms with van der Waals surface area (Å²) in [6.45, 7) is 4.16. The molecule has 1 N–H and O–H groups in total. The van der Waals surface area contributed by atoms with Crippen molar-refractivity contribution in [1.29, 1.82) is 0 Å². The third-order valence-electron chi connectivity index (χ3n) is 6.10. The number of fused-ring (bicyclic) bond motifs is 1. The van der Waals surface area contributed by atoms with Gasteiger partial charge < -0.3 is 4.98 Å². The Kier molecular flexibility index (Phi) is 4.69. The first-order chi connectivity index (χ1) is 14.2. The van der Waals surface area contributed by atoms with Crippen molar-refractivity contribution in [3.8, 4) is 11.3 Å². The van der Waals surface area contributed by atoms with E-state index in [1.54, 1.807) is 6.07 Å². The number of nitrogens with zero attached hydrogens (tertiary/aromatic N) is 1. The predicted octanol–water partition coefficient (Wildman–Crippen LogP) is 6.16. The van der Waals surface area contributed by atoms with Crippen molar-refractivity contribution in [2.75, 3.05) is 6.54 Å². The normalized spacial score (nSPS) is 16.8. The molecular formula is C26H25FN2. The van der Waals surface area contributed by atoms with Crippen LogP contribution >= 0.6 is 0 Å². The van der Waals surface area contributed by atoms with Crippen LogP contribution in [0.2, 0.25) is 0 Å². The fraction of sp³-hybridized carbons (Fsp3) is 0.231. The zero-order valence-electron chi connectivity index (χ0n) is 16.7. The van der Waals surface area contributed by atoms with Crippen molar-refractivity contribution in [3.63, 3.8) is 0 Å². The average Bonchev–Trinajstić information content (AvgIpc) is 3.15. The molecule has 0 aliphatic carbocycles. The molecule has 5 rings (SSSR count). The largest absolute Gasteiger partial charge is 0.354 e. The maximum absolute atomic E-state index is 14.9. The number of rotatable bonds is 5. The average molecular weight is 384 g/mol. The second-order valence-corrected chi connectivity index (χ2v) is 8.19. The molecule has 3 heteroatoms. The van der Waals surface area contributed by atoms with Crippen LogP contribution in [0.5, 0.6) is 0 Å². The van der Waals surface area contributed by atoms with Crippen molar-refractivity contribution < 1.29 is 4.39 Å². The molecule has 2 heterocycles. The second kappa shape index (κ2) is 7.49. The molecule has 4 aromatic rings. The number of hydrogen-bond donors (Lipinski definition) is 1. The lowest BCUT2D eigenvalue weighted by Crippen LogP contribution is -2.44. The van der Waals surface area contributed by atoms with Gasteiger partial charge in [0, 0.05) is 41.3 Å².